The van der Waals surface area contributed by atoms with Crippen molar-refractivity contribution in [2.24, 2.45) is 0 Å². The molecule has 1 atom stereocenters. The molecule has 0 radical (unpaired) electrons. The fourth-order valence-electron chi connectivity index (χ4n) is 2.70. The Morgan fingerprint density at radius 3 is 2.58 bits per heavy atom. The van der Waals surface area contributed by atoms with Gasteiger partial charge in [0, 0.05) is 11.6 Å². The fraction of sp³-hybridized carbons (Fsp3) is 0.333. The van der Waals surface area contributed by atoms with Gasteiger partial charge < -0.3 is 9.84 Å². The number of hydrogen-bond donors (Lipinski definition) is 1. The van der Waals surface area contributed by atoms with E-state index in [1.807, 2.05) is 0 Å². The van der Waals surface area contributed by atoms with Crippen molar-refractivity contribution < 1.29 is 17.7 Å². The van der Waals surface area contributed by atoms with Crippen LogP contribution in [0.15, 0.2) is 22.7 Å². The van der Waals surface area contributed by atoms with Crippen LogP contribution in [0.25, 0.3) is 11.3 Å². The fourth-order valence-corrected chi connectivity index (χ4v) is 4.95. The predicted octanol–water partition coefficient (Wildman–Crippen LogP) is 2.87. The zero-order valence-electron chi connectivity index (χ0n) is 12.7. The molecular weight excluding hydrogens is 375 g/mol. The lowest BCUT2D eigenvalue weighted by Crippen LogP contribution is -2.36. The van der Waals surface area contributed by atoms with Crippen molar-refractivity contribution >= 4 is 38.9 Å². The zero-order chi connectivity index (χ0) is 17.5. The van der Waals surface area contributed by atoms with Gasteiger partial charge in [-0.25, -0.2) is 8.42 Å². The van der Waals surface area contributed by atoms with Crippen LogP contribution in [-0.4, -0.2) is 37.0 Å². The van der Waals surface area contributed by atoms with E-state index in [2.05, 4.69) is 10.5 Å². The number of halogens is 2. The summed E-state index contributed by atoms with van der Waals surface area (Å²) in [6.07, 6.45) is 0.389. The molecule has 0 spiro atoms. The van der Waals surface area contributed by atoms with Crippen molar-refractivity contribution in [3.05, 3.63) is 39.6 Å². The molecule has 24 heavy (non-hydrogen) atoms. The van der Waals surface area contributed by atoms with E-state index in [-0.39, 0.29) is 22.8 Å². The van der Waals surface area contributed by atoms with Gasteiger partial charge in [0.05, 0.1) is 21.6 Å². The molecule has 1 N–H and O–H groups in total. The second kappa shape index (κ2) is 6.38. The Balaban J connectivity index is 1.95. The normalized spacial score (nSPS) is 19.4. The molecule has 1 aliphatic rings. The third-order valence-electron chi connectivity index (χ3n) is 3.86. The molecule has 0 bridgehead atoms. The first kappa shape index (κ1) is 17.3. The largest absolute Gasteiger partial charge is 0.360 e. The standard InChI is InChI=1S/C15H14Cl2N2O4S/c1-8-12(15(20)18-9-5-6-24(21,22)7-9)14(19-23-8)13-10(16)3-2-4-11(13)17/h2-4,9H,5-7H2,1H3,(H,18,20). The summed E-state index contributed by atoms with van der Waals surface area (Å²) in [5.41, 5.74) is 0.845. The van der Waals surface area contributed by atoms with Crippen LogP contribution >= 0.6 is 23.2 Å². The molecule has 1 aliphatic heterocycles. The van der Waals surface area contributed by atoms with Crippen molar-refractivity contribution in [1.82, 2.24) is 10.5 Å². The maximum Gasteiger partial charge on any atom is 0.257 e. The molecule has 0 saturated carbocycles. The number of benzene rings is 1. The molecule has 2 aromatic rings. The summed E-state index contributed by atoms with van der Waals surface area (Å²) in [4.78, 5) is 12.6. The third kappa shape index (κ3) is 3.29. The number of carbonyl (C=O) groups excluding carboxylic acids is 1. The second-order valence-corrected chi connectivity index (χ2v) is 8.68. The van der Waals surface area contributed by atoms with Crippen LogP contribution in [0.4, 0.5) is 0 Å². The molecular formula is C15H14Cl2N2O4S. The van der Waals surface area contributed by atoms with Gasteiger partial charge >= 0.3 is 0 Å². The smallest absolute Gasteiger partial charge is 0.257 e. The lowest BCUT2D eigenvalue weighted by atomic mass is 10.0. The Morgan fingerprint density at radius 1 is 1.33 bits per heavy atom. The van der Waals surface area contributed by atoms with Gasteiger partial charge in [-0.2, -0.15) is 0 Å². The van der Waals surface area contributed by atoms with Crippen LogP contribution in [0, 0.1) is 6.92 Å². The molecule has 2 heterocycles. The number of carbonyl (C=O) groups is 1. The third-order valence-corrected chi connectivity index (χ3v) is 6.25. The molecule has 1 fully saturated rings. The first-order chi connectivity index (χ1) is 11.3. The summed E-state index contributed by atoms with van der Waals surface area (Å²) < 4.78 is 28.2. The van der Waals surface area contributed by atoms with Gasteiger partial charge in [0.15, 0.2) is 9.84 Å². The highest BCUT2D eigenvalue weighted by molar-refractivity contribution is 7.91. The molecule has 1 saturated heterocycles. The molecule has 1 unspecified atom stereocenters. The maximum atomic E-state index is 12.6. The van der Waals surface area contributed by atoms with Gasteiger partial charge in [0.1, 0.15) is 17.0 Å². The molecule has 9 heteroatoms. The minimum absolute atomic E-state index is 0.0642. The number of sulfone groups is 1. The van der Waals surface area contributed by atoms with Crippen LogP contribution in [-0.2, 0) is 9.84 Å². The van der Waals surface area contributed by atoms with E-state index in [0.717, 1.165) is 0 Å². The molecule has 128 valence electrons. The van der Waals surface area contributed by atoms with Crippen molar-refractivity contribution in [3.63, 3.8) is 0 Å². The van der Waals surface area contributed by atoms with Gasteiger partial charge in [-0.05, 0) is 25.5 Å². The number of nitrogens with zero attached hydrogens (tertiary/aromatic N) is 1. The van der Waals surface area contributed by atoms with E-state index >= 15 is 0 Å². The number of aromatic nitrogens is 1. The first-order valence-corrected chi connectivity index (χ1v) is 9.78. The average Bonchev–Trinajstić information content (AvgIpc) is 3.01. The minimum Gasteiger partial charge on any atom is -0.360 e. The average molecular weight is 389 g/mol. The van der Waals surface area contributed by atoms with Crippen LogP contribution in [0.1, 0.15) is 22.5 Å². The van der Waals surface area contributed by atoms with Crippen LogP contribution in [0.3, 0.4) is 0 Å². The van der Waals surface area contributed by atoms with E-state index in [0.29, 0.717) is 27.8 Å². The van der Waals surface area contributed by atoms with E-state index in [1.54, 1.807) is 25.1 Å². The summed E-state index contributed by atoms with van der Waals surface area (Å²) >= 11 is 12.4. The highest BCUT2D eigenvalue weighted by Gasteiger charge is 2.31. The maximum absolute atomic E-state index is 12.6. The number of aryl methyl sites for hydroxylation is 1. The van der Waals surface area contributed by atoms with E-state index in [9.17, 15) is 13.2 Å². The monoisotopic (exact) mass is 388 g/mol. The van der Waals surface area contributed by atoms with Crippen molar-refractivity contribution in [1.29, 1.82) is 0 Å². The quantitative estimate of drug-likeness (QED) is 0.872. The molecule has 6 nitrogen and oxygen atoms in total. The SMILES string of the molecule is Cc1onc(-c2c(Cl)cccc2Cl)c1C(=O)NC1CCS(=O)(=O)C1. The van der Waals surface area contributed by atoms with E-state index in [4.69, 9.17) is 27.7 Å². The van der Waals surface area contributed by atoms with Gasteiger partial charge in [-0.15, -0.1) is 0 Å². The predicted molar refractivity (Wildman–Crippen MR) is 91.2 cm³/mol. The van der Waals surface area contributed by atoms with Crippen molar-refractivity contribution in [2.45, 2.75) is 19.4 Å². The van der Waals surface area contributed by atoms with E-state index < -0.39 is 21.8 Å². The van der Waals surface area contributed by atoms with Crippen molar-refractivity contribution in [2.75, 3.05) is 11.5 Å². The zero-order valence-corrected chi connectivity index (χ0v) is 15.0. The highest BCUT2D eigenvalue weighted by Crippen LogP contribution is 2.36. The highest BCUT2D eigenvalue weighted by atomic mass is 35.5. The number of nitrogens with one attached hydrogen (secondary N) is 1. The lowest BCUT2D eigenvalue weighted by Gasteiger charge is -2.11. The van der Waals surface area contributed by atoms with Gasteiger partial charge in [-0.3, -0.25) is 4.79 Å². The van der Waals surface area contributed by atoms with Gasteiger partial charge in [-0.1, -0.05) is 34.4 Å². The number of hydrogen-bond acceptors (Lipinski definition) is 5. The summed E-state index contributed by atoms with van der Waals surface area (Å²) in [6, 6.07) is 4.53. The minimum atomic E-state index is -3.09. The van der Waals surface area contributed by atoms with Crippen molar-refractivity contribution in [3.8, 4) is 11.3 Å². The Morgan fingerprint density at radius 2 is 2.00 bits per heavy atom. The van der Waals surface area contributed by atoms with Gasteiger partial charge in [0.25, 0.3) is 5.91 Å². The second-order valence-electron chi connectivity index (χ2n) is 5.63. The van der Waals surface area contributed by atoms with Crippen LogP contribution < -0.4 is 5.32 Å². The topological polar surface area (TPSA) is 89.3 Å². The first-order valence-electron chi connectivity index (χ1n) is 7.20. The van der Waals surface area contributed by atoms with Crippen LogP contribution in [0.5, 0.6) is 0 Å². The van der Waals surface area contributed by atoms with Crippen LogP contribution in [0.2, 0.25) is 10.0 Å². The Kier molecular flexibility index (Phi) is 4.59. The molecule has 0 aliphatic carbocycles. The molecule has 1 aromatic carbocycles. The summed E-state index contributed by atoms with van der Waals surface area (Å²) in [7, 11) is -3.09. The number of amides is 1. The Hall–Kier alpha value is -1.57. The number of rotatable bonds is 3. The Bertz CT molecular complexity index is 888. The van der Waals surface area contributed by atoms with E-state index in [1.165, 1.54) is 0 Å². The Labute approximate surface area is 149 Å². The molecule has 1 amide bonds. The summed E-state index contributed by atoms with van der Waals surface area (Å²) in [5, 5.41) is 7.31. The molecule has 3 rings (SSSR count). The van der Waals surface area contributed by atoms with Gasteiger partial charge in [0.2, 0.25) is 0 Å². The molecule has 1 aromatic heterocycles. The lowest BCUT2D eigenvalue weighted by molar-refractivity contribution is 0.0940. The summed E-state index contributed by atoms with van der Waals surface area (Å²) in [5.74, 6) is -0.143. The summed E-state index contributed by atoms with van der Waals surface area (Å²) in [6.45, 7) is 1.60.